The molecule has 7 nitrogen and oxygen atoms in total. The van der Waals surface area contributed by atoms with E-state index in [1.165, 1.54) is 18.6 Å². The van der Waals surface area contributed by atoms with E-state index in [0.29, 0.717) is 28.7 Å². The first kappa shape index (κ1) is 16.2. The number of halogens is 1. The summed E-state index contributed by atoms with van der Waals surface area (Å²) in [5, 5.41) is 9.70. The van der Waals surface area contributed by atoms with Crippen LogP contribution in [0.1, 0.15) is 49.4 Å². The molecule has 118 valence electrons. The molecule has 0 bridgehead atoms. The van der Waals surface area contributed by atoms with Gasteiger partial charge in [-0.3, -0.25) is 9.89 Å². The van der Waals surface area contributed by atoms with Crippen LogP contribution in [0.25, 0.3) is 0 Å². The summed E-state index contributed by atoms with van der Waals surface area (Å²) in [6.07, 6.45) is 3.48. The molecule has 0 saturated heterocycles. The highest BCUT2D eigenvalue weighted by Crippen LogP contribution is 2.23. The number of nitrogens with zero attached hydrogens (tertiary/aromatic N) is 3. The molecular weight excluding hydrogens is 306 g/mol. The molecule has 0 radical (unpaired) electrons. The second-order valence-corrected chi connectivity index (χ2v) is 5.39. The minimum Gasteiger partial charge on any atom is -0.474 e. The molecule has 0 spiro atoms. The van der Waals surface area contributed by atoms with Crippen molar-refractivity contribution in [2.75, 3.05) is 0 Å². The van der Waals surface area contributed by atoms with Crippen LogP contribution in [0.2, 0.25) is 5.02 Å². The van der Waals surface area contributed by atoms with Crippen molar-refractivity contribution < 1.29 is 9.53 Å². The normalized spacial score (nSPS) is 12.2. The van der Waals surface area contributed by atoms with E-state index in [1.54, 1.807) is 0 Å². The second kappa shape index (κ2) is 7.22. The van der Waals surface area contributed by atoms with Crippen molar-refractivity contribution in [2.24, 2.45) is 0 Å². The molecule has 0 aliphatic heterocycles. The molecule has 2 heterocycles. The molecule has 2 aromatic rings. The van der Waals surface area contributed by atoms with Crippen LogP contribution in [0.3, 0.4) is 0 Å². The lowest BCUT2D eigenvalue weighted by molar-refractivity contribution is 0.0933. The van der Waals surface area contributed by atoms with Crippen molar-refractivity contribution in [1.29, 1.82) is 0 Å². The van der Waals surface area contributed by atoms with Crippen LogP contribution in [0.4, 0.5) is 0 Å². The number of pyridine rings is 1. The topological polar surface area (TPSA) is 92.8 Å². The highest BCUT2D eigenvalue weighted by atomic mass is 35.5. The molecule has 2 rings (SSSR count). The van der Waals surface area contributed by atoms with E-state index < -0.39 is 0 Å². The quantitative estimate of drug-likeness (QED) is 0.852. The summed E-state index contributed by atoms with van der Waals surface area (Å²) in [4.78, 5) is 20.4. The highest BCUT2D eigenvalue weighted by Gasteiger charge is 2.18. The van der Waals surface area contributed by atoms with Gasteiger partial charge < -0.3 is 10.1 Å². The SMILES string of the molecule is CCC(NC(=O)c1cnc(OC(C)C)c(Cl)c1)c1ncn[nH]1. The van der Waals surface area contributed by atoms with Gasteiger partial charge in [0.2, 0.25) is 5.88 Å². The van der Waals surface area contributed by atoms with Crippen LogP contribution in [0.15, 0.2) is 18.6 Å². The van der Waals surface area contributed by atoms with E-state index >= 15 is 0 Å². The van der Waals surface area contributed by atoms with Gasteiger partial charge in [0.25, 0.3) is 5.91 Å². The number of carbonyl (C=O) groups excluding carboxylic acids is 1. The van der Waals surface area contributed by atoms with Crippen molar-refractivity contribution in [3.63, 3.8) is 0 Å². The smallest absolute Gasteiger partial charge is 0.253 e. The second-order valence-electron chi connectivity index (χ2n) is 4.98. The third kappa shape index (κ3) is 3.94. The number of hydrogen-bond donors (Lipinski definition) is 2. The Morgan fingerprint density at radius 2 is 2.23 bits per heavy atom. The molecule has 0 aliphatic rings. The Labute approximate surface area is 133 Å². The maximum absolute atomic E-state index is 12.3. The maximum atomic E-state index is 12.3. The van der Waals surface area contributed by atoms with Crippen LogP contribution in [-0.4, -0.2) is 32.2 Å². The molecule has 0 fully saturated rings. The zero-order valence-corrected chi connectivity index (χ0v) is 13.4. The van der Waals surface area contributed by atoms with Crippen molar-refractivity contribution in [3.8, 4) is 5.88 Å². The number of amides is 1. The Kier molecular flexibility index (Phi) is 5.32. The zero-order chi connectivity index (χ0) is 16.1. The summed E-state index contributed by atoms with van der Waals surface area (Å²) in [5.74, 6) is 0.638. The van der Waals surface area contributed by atoms with Crippen LogP contribution in [-0.2, 0) is 0 Å². The van der Waals surface area contributed by atoms with Crippen molar-refractivity contribution in [1.82, 2.24) is 25.5 Å². The number of aromatic nitrogens is 4. The predicted octanol–water partition coefficient (Wildman–Crippen LogP) is 2.52. The molecule has 2 aromatic heterocycles. The molecule has 1 unspecified atom stereocenters. The average Bonchev–Trinajstić information content (AvgIpc) is 3.00. The van der Waals surface area contributed by atoms with Gasteiger partial charge in [-0.15, -0.1) is 0 Å². The third-order valence-corrected chi connectivity index (χ3v) is 3.17. The van der Waals surface area contributed by atoms with E-state index in [-0.39, 0.29) is 18.1 Å². The molecule has 22 heavy (non-hydrogen) atoms. The zero-order valence-electron chi connectivity index (χ0n) is 12.6. The van der Waals surface area contributed by atoms with Crippen LogP contribution in [0, 0.1) is 0 Å². The Hall–Kier alpha value is -2.15. The molecule has 0 aromatic carbocycles. The summed E-state index contributed by atoms with van der Waals surface area (Å²) in [6.45, 7) is 5.70. The largest absolute Gasteiger partial charge is 0.474 e. The third-order valence-electron chi connectivity index (χ3n) is 2.89. The van der Waals surface area contributed by atoms with Crippen molar-refractivity contribution in [2.45, 2.75) is 39.3 Å². The minimum absolute atomic E-state index is 0.0411. The van der Waals surface area contributed by atoms with Gasteiger partial charge in [0.1, 0.15) is 17.2 Å². The van der Waals surface area contributed by atoms with Gasteiger partial charge in [-0.2, -0.15) is 5.10 Å². The predicted molar refractivity (Wildman–Crippen MR) is 81.9 cm³/mol. The molecular formula is C14H18ClN5O2. The van der Waals surface area contributed by atoms with Gasteiger partial charge in [0, 0.05) is 6.20 Å². The number of H-pyrrole nitrogens is 1. The lowest BCUT2D eigenvalue weighted by Crippen LogP contribution is -2.29. The van der Waals surface area contributed by atoms with Gasteiger partial charge in [0.05, 0.1) is 17.7 Å². The number of nitrogens with one attached hydrogen (secondary N) is 2. The summed E-state index contributed by atoms with van der Waals surface area (Å²) in [5.41, 5.74) is 0.360. The van der Waals surface area contributed by atoms with Crippen LogP contribution < -0.4 is 10.1 Å². The average molecular weight is 324 g/mol. The van der Waals surface area contributed by atoms with E-state index in [4.69, 9.17) is 16.3 Å². The van der Waals surface area contributed by atoms with Crippen molar-refractivity contribution >= 4 is 17.5 Å². The number of carbonyl (C=O) groups is 1. The Morgan fingerprint density at radius 1 is 1.45 bits per heavy atom. The first-order valence-electron chi connectivity index (χ1n) is 6.99. The standard InChI is InChI=1S/C14H18ClN5O2/c1-4-11(12-17-7-18-20-12)19-13(21)9-5-10(15)14(16-6-9)22-8(2)3/h5-8,11H,4H2,1-3H3,(H,19,21)(H,17,18,20). The monoisotopic (exact) mass is 323 g/mol. The van der Waals surface area contributed by atoms with E-state index in [0.717, 1.165) is 0 Å². The fraction of sp³-hybridized carbons (Fsp3) is 0.429. The molecule has 1 atom stereocenters. The fourth-order valence-corrected chi connectivity index (χ4v) is 2.06. The van der Waals surface area contributed by atoms with Crippen LogP contribution in [0.5, 0.6) is 5.88 Å². The fourth-order valence-electron chi connectivity index (χ4n) is 1.85. The molecule has 0 saturated carbocycles. The molecule has 0 aliphatic carbocycles. The minimum atomic E-state index is -0.284. The lowest BCUT2D eigenvalue weighted by atomic mass is 10.2. The molecule has 8 heteroatoms. The molecule has 2 N–H and O–H groups in total. The van der Waals surface area contributed by atoms with Crippen molar-refractivity contribution in [3.05, 3.63) is 35.0 Å². The first-order valence-corrected chi connectivity index (χ1v) is 7.37. The van der Waals surface area contributed by atoms with Gasteiger partial charge in [-0.25, -0.2) is 9.97 Å². The van der Waals surface area contributed by atoms with E-state index in [2.05, 4.69) is 25.5 Å². The number of aromatic amines is 1. The summed E-state index contributed by atoms with van der Waals surface area (Å²) in [6, 6.07) is 1.29. The van der Waals surface area contributed by atoms with E-state index in [1.807, 2.05) is 20.8 Å². The van der Waals surface area contributed by atoms with Gasteiger partial charge in [0.15, 0.2) is 0 Å². The maximum Gasteiger partial charge on any atom is 0.253 e. The van der Waals surface area contributed by atoms with E-state index in [9.17, 15) is 4.79 Å². The Morgan fingerprint density at radius 3 is 2.77 bits per heavy atom. The summed E-state index contributed by atoms with van der Waals surface area (Å²) >= 11 is 6.09. The summed E-state index contributed by atoms with van der Waals surface area (Å²) in [7, 11) is 0. The molecule has 1 amide bonds. The first-order chi connectivity index (χ1) is 10.5. The Bertz CT molecular complexity index is 630. The number of hydrogen-bond acceptors (Lipinski definition) is 5. The Balaban J connectivity index is 2.11. The van der Waals surface area contributed by atoms with Gasteiger partial charge >= 0.3 is 0 Å². The lowest BCUT2D eigenvalue weighted by Gasteiger charge is -2.15. The van der Waals surface area contributed by atoms with Gasteiger partial charge in [-0.05, 0) is 26.3 Å². The van der Waals surface area contributed by atoms with Gasteiger partial charge in [-0.1, -0.05) is 18.5 Å². The number of ether oxygens (including phenoxy) is 1. The number of rotatable bonds is 6. The summed E-state index contributed by atoms with van der Waals surface area (Å²) < 4.78 is 5.44. The van der Waals surface area contributed by atoms with Crippen LogP contribution >= 0.6 is 11.6 Å². The highest BCUT2D eigenvalue weighted by molar-refractivity contribution is 6.32.